The molecule has 1 fully saturated rings. The van der Waals surface area contributed by atoms with Gasteiger partial charge in [-0.25, -0.2) is 4.98 Å². The van der Waals surface area contributed by atoms with Crippen molar-refractivity contribution in [2.45, 2.75) is 51.7 Å². The standard InChI is InChI=1S/C11H18BrN3/c1-2-15-10(12)7-14-11(15)8-13-9-5-3-4-6-9/h7,9,13H,2-6,8H2,1H3. The molecule has 15 heavy (non-hydrogen) atoms. The highest BCUT2D eigenvalue weighted by molar-refractivity contribution is 9.10. The summed E-state index contributed by atoms with van der Waals surface area (Å²) in [4.78, 5) is 4.40. The molecule has 1 aromatic rings. The maximum Gasteiger partial charge on any atom is 0.123 e. The Labute approximate surface area is 99.4 Å². The van der Waals surface area contributed by atoms with Crippen LogP contribution in [0.3, 0.4) is 0 Å². The lowest BCUT2D eigenvalue weighted by molar-refractivity contribution is 0.501. The van der Waals surface area contributed by atoms with Crippen LogP contribution in [0.5, 0.6) is 0 Å². The van der Waals surface area contributed by atoms with E-state index in [0.717, 1.165) is 23.5 Å². The minimum atomic E-state index is 0.714. The monoisotopic (exact) mass is 271 g/mol. The van der Waals surface area contributed by atoms with Crippen molar-refractivity contribution in [3.8, 4) is 0 Å². The van der Waals surface area contributed by atoms with E-state index in [4.69, 9.17) is 0 Å². The fourth-order valence-electron chi connectivity index (χ4n) is 2.23. The summed E-state index contributed by atoms with van der Waals surface area (Å²) in [6.45, 7) is 4.01. The van der Waals surface area contributed by atoms with Crippen LogP contribution in [0.25, 0.3) is 0 Å². The van der Waals surface area contributed by atoms with Gasteiger partial charge in [-0.1, -0.05) is 12.8 Å². The molecule has 1 saturated carbocycles. The number of hydrogen-bond acceptors (Lipinski definition) is 2. The highest BCUT2D eigenvalue weighted by Gasteiger charge is 2.15. The molecule has 84 valence electrons. The summed E-state index contributed by atoms with van der Waals surface area (Å²) < 4.78 is 3.27. The molecule has 0 spiro atoms. The van der Waals surface area contributed by atoms with Crippen molar-refractivity contribution < 1.29 is 0 Å². The molecule has 0 saturated heterocycles. The average Bonchev–Trinajstić information content (AvgIpc) is 2.84. The summed E-state index contributed by atoms with van der Waals surface area (Å²) in [5.41, 5.74) is 0. The minimum absolute atomic E-state index is 0.714. The Balaban J connectivity index is 1.92. The zero-order valence-electron chi connectivity index (χ0n) is 9.17. The van der Waals surface area contributed by atoms with Crippen LogP contribution in [0.4, 0.5) is 0 Å². The number of hydrogen-bond donors (Lipinski definition) is 1. The van der Waals surface area contributed by atoms with Gasteiger partial charge in [-0.15, -0.1) is 0 Å². The van der Waals surface area contributed by atoms with E-state index in [1.54, 1.807) is 0 Å². The molecule has 1 N–H and O–H groups in total. The van der Waals surface area contributed by atoms with E-state index in [9.17, 15) is 0 Å². The van der Waals surface area contributed by atoms with E-state index in [1.807, 2.05) is 6.20 Å². The van der Waals surface area contributed by atoms with Gasteiger partial charge in [-0.05, 0) is 35.7 Å². The zero-order chi connectivity index (χ0) is 10.7. The van der Waals surface area contributed by atoms with Crippen molar-refractivity contribution >= 4 is 15.9 Å². The second kappa shape index (κ2) is 5.12. The molecule has 4 heteroatoms. The van der Waals surface area contributed by atoms with E-state index >= 15 is 0 Å². The fourth-order valence-corrected chi connectivity index (χ4v) is 2.79. The highest BCUT2D eigenvalue weighted by atomic mass is 79.9. The summed E-state index contributed by atoms with van der Waals surface area (Å²) in [6, 6.07) is 0.714. The van der Waals surface area contributed by atoms with Crippen molar-refractivity contribution in [3.05, 3.63) is 16.6 Å². The minimum Gasteiger partial charge on any atom is -0.322 e. The Morgan fingerprint density at radius 3 is 2.93 bits per heavy atom. The molecule has 0 atom stereocenters. The molecule has 0 radical (unpaired) electrons. The number of rotatable bonds is 4. The molecule has 0 bridgehead atoms. The van der Waals surface area contributed by atoms with Gasteiger partial charge >= 0.3 is 0 Å². The highest BCUT2D eigenvalue weighted by Crippen LogP contribution is 2.18. The largest absolute Gasteiger partial charge is 0.322 e. The van der Waals surface area contributed by atoms with Gasteiger partial charge in [0.2, 0.25) is 0 Å². The first kappa shape index (κ1) is 11.1. The number of halogens is 1. The van der Waals surface area contributed by atoms with Crippen LogP contribution in [-0.4, -0.2) is 15.6 Å². The van der Waals surface area contributed by atoms with E-state index in [-0.39, 0.29) is 0 Å². The van der Waals surface area contributed by atoms with Crippen molar-refractivity contribution in [3.63, 3.8) is 0 Å². The first-order valence-electron chi connectivity index (χ1n) is 5.74. The molecule has 0 amide bonds. The van der Waals surface area contributed by atoms with E-state index in [0.29, 0.717) is 6.04 Å². The Morgan fingerprint density at radius 2 is 2.27 bits per heavy atom. The van der Waals surface area contributed by atoms with E-state index < -0.39 is 0 Å². The predicted octanol–water partition coefficient (Wildman–Crippen LogP) is 2.70. The number of imidazole rings is 1. The van der Waals surface area contributed by atoms with Crippen LogP contribution in [0.1, 0.15) is 38.4 Å². The summed E-state index contributed by atoms with van der Waals surface area (Å²) in [5, 5.41) is 3.58. The summed E-state index contributed by atoms with van der Waals surface area (Å²) in [6.07, 6.45) is 7.30. The zero-order valence-corrected chi connectivity index (χ0v) is 10.8. The van der Waals surface area contributed by atoms with Crippen molar-refractivity contribution in [2.75, 3.05) is 0 Å². The molecule has 1 aliphatic carbocycles. The molecular formula is C11H18BrN3. The Bertz CT molecular complexity index is 316. The molecule has 0 aromatic carbocycles. The summed E-state index contributed by atoms with van der Waals surface area (Å²) in [7, 11) is 0. The molecule has 1 aliphatic rings. The van der Waals surface area contributed by atoms with Crippen LogP contribution < -0.4 is 5.32 Å². The first-order chi connectivity index (χ1) is 7.31. The van der Waals surface area contributed by atoms with Gasteiger partial charge in [0.25, 0.3) is 0 Å². The predicted molar refractivity (Wildman–Crippen MR) is 64.7 cm³/mol. The van der Waals surface area contributed by atoms with Gasteiger partial charge in [-0.2, -0.15) is 0 Å². The molecule has 0 aliphatic heterocycles. The van der Waals surface area contributed by atoms with Crippen molar-refractivity contribution in [1.29, 1.82) is 0 Å². The molecule has 3 nitrogen and oxygen atoms in total. The van der Waals surface area contributed by atoms with Gasteiger partial charge in [0.1, 0.15) is 10.4 Å². The molecule has 2 rings (SSSR count). The van der Waals surface area contributed by atoms with Gasteiger partial charge in [0, 0.05) is 12.6 Å². The van der Waals surface area contributed by atoms with Gasteiger partial charge in [-0.3, -0.25) is 0 Å². The lowest BCUT2D eigenvalue weighted by atomic mass is 10.2. The van der Waals surface area contributed by atoms with Crippen LogP contribution in [-0.2, 0) is 13.1 Å². The van der Waals surface area contributed by atoms with E-state index in [2.05, 4.69) is 37.7 Å². The number of nitrogens with one attached hydrogen (secondary N) is 1. The molecule has 0 unspecified atom stereocenters. The lowest BCUT2D eigenvalue weighted by Gasteiger charge is -2.12. The molecule has 1 heterocycles. The molecular weight excluding hydrogens is 254 g/mol. The van der Waals surface area contributed by atoms with E-state index in [1.165, 1.54) is 25.7 Å². The number of nitrogens with zero attached hydrogens (tertiary/aromatic N) is 2. The first-order valence-corrected chi connectivity index (χ1v) is 6.54. The maximum atomic E-state index is 4.40. The second-order valence-corrected chi connectivity index (χ2v) is 4.92. The second-order valence-electron chi connectivity index (χ2n) is 4.10. The van der Waals surface area contributed by atoms with Crippen molar-refractivity contribution in [1.82, 2.24) is 14.9 Å². The topological polar surface area (TPSA) is 29.9 Å². The van der Waals surface area contributed by atoms with Crippen LogP contribution in [0, 0.1) is 0 Å². The van der Waals surface area contributed by atoms with Crippen molar-refractivity contribution in [2.24, 2.45) is 0 Å². The molecule has 1 aromatic heterocycles. The Hall–Kier alpha value is -0.350. The Morgan fingerprint density at radius 1 is 1.53 bits per heavy atom. The van der Waals surface area contributed by atoms with Gasteiger partial charge in [0.05, 0.1) is 12.7 Å². The lowest BCUT2D eigenvalue weighted by Crippen LogP contribution is -2.26. The quantitative estimate of drug-likeness (QED) is 0.913. The van der Waals surface area contributed by atoms with Crippen LogP contribution in [0.15, 0.2) is 10.8 Å². The average molecular weight is 272 g/mol. The Kier molecular flexibility index (Phi) is 3.81. The maximum absolute atomic E-state index is 4.40. The third kappa shape index (κ3) is 2.61. The van der Waals surface area contributed by atoms with Crippen LogP contribution in [0.2, 0.25) is 0 Å². The van der Waals surface area contributed by atoms with Gasteiger partial charge in [0.15, 0.2) is 0 Å². The normalized spacial score (nSPS) is 17.5. The SMILES string of the molecule is CCn1c(Br)cnc1CNC1CCCC1. The third-order valence-electron chi connectivity index (χ3n) is 3.11. The smallest absolute Gasteiger partial charge is 0.123 e. The van der Waals surface area contributed by atoms with Crippen LogP contribution >= 0.6 is 15.9 Å². The summed E-state index contributed by atoms with van der Waals surface area (Å²) >= 11 is 3.50. The van der Waals surface area contributed by atoms with Gasteiger partial charge < -0.3 is 9.88 Å². The third-order valence-corrected chi connectivity index (χ3v) is 3.74. The summed E-state index contributed by atoms with van der Waals surface area (Å²) in [5.74, 6) is 1.14. The number of aromatic nitrogens is 2. The fraction of sp³-hybridized carbons (Fsp3) is 0.727.